The van der Waals surface area contributed by atoms with Crippen LogP contribution in [0.1, 0.15) is 82.5 Å². The van der Waals surface area contributed by atoms with E-state index in [1.54, 1.807) is 12.1 Å². The average molecular weight is 425 g/mol. The molecule has 0 unspecified atom stereocenters. The first-order valence-corrected chi connectivity index (χ1v) is 12.1. The van der Waals surface area contributed by atoms with Gasteiger partial charge in [-0.1, -0.05) is 45.4 Å². The molecule has 1 aromatic carbocycles. The van der Waals surface area contributed by atoms with E-state index in [1.807, 2.05) is 18.2 Å². The number of carbonyl (C=O) groups is 2. The molecule has 0 radical (unpaired) electrons. The fraction of sp³-hybridized carbons (Fsp3) is 0.704. The Kier molecular flexibility index (Phi) is 4.72. The standard InChI is InChI=1S/C27H36O4/c1-24-12-13-27(16-24)19(15-21(24)29)14-20(31-23(30)18-8-5-4-6-9-18)22-25(2,17-28)10-7-11-26(22,27)3/h4-6,8-9,17,19-22,29H,7,10-16H2,1-3H3/t19-,20+,21-,22-,24+,25+,26-,27-/m0/s1. The van der Waals surface area contributed by atoms with Crippen molar-refractivity contribution in [1.82, 2.24) is 0 Å². The molecule has 4 nitrogen and oxygen atoms in total. The summed E-state index contributed by atoms with van der Waals surface area (Å²) in [7, 11) is 0. The SMILES string of the molecule is C[C@@]12CC[C@]3(C1)[C@@H](C[C@@H](OC(=O)c1ccccc1)[C@H]1[C@@](C)(C=O)CCC[C@@]13C)C[C@@H]2O. The highest BCUT2D eigenvalue weighted by atomic mass is 16.5. The number of hydrogen-bond acceptors (Lipinski definition) is 4. The minimum absolute atomic E-state index is 0.0211. The predicted molar refractivity (Wildman–Crippen MR) is 118 cm³/mol. The van der Waals surface area contributed by atoms with Crippen molar-refractivity contribution < 1.29 is 19.4 Å². The smallest absolute Gasteiger partial charge is 0.338 e. The fourth-order valence-corrected chi connectivity index (χ4v) is 8.81. The van der Waals surface area contributed by atoms with Crippen LogP contribution in [0, 0.1) is 33.5 Å². The van der Waals surface area contributed by atoms with E-state index in [-0.39, 0.29) is 40.3 Å². The lowest BCUT2D eigenvalue weighted by molar-refractivity contribution is -0.225. The van der Waals surface area contributed by atoms with Crippen LogP contribution in [0.25, 0.3) is 0 Å². The molecule has 1 aromatic rings. The highest BCUT2D eigenvalue weighted by molar-refractivity contribution is 5.89. The van der Waals surface area contributed by atoms with Crippen LogP contribution in [-0.4, -0.2) is 29.6 Å². The number of ether oxygens (including phenoxy) is 1. The maximum absolute atomic E-state index is 13.1. The van der Waals surface area contributed by atoms with Crippen molar-refractivity contribution in [3.8, 4) is 0 Å². The normalized spacial score (nSPS) is 48.4. The van der Waals surface area contributed by atoms with E-state index >= 15 is 0 Å². The van der Waals surface area contributed by atoms with Gasteiger partial charge in [-0.2, -0.15) is 0 Å². The first-order valence-electron chi connectivity index (χ1n) is 12.1. The molecule has 4 heteroatoms. The molecule has 0 aliphatic heterocycles. The minimum atomic E-state index is -0.483. The predicted octanol–water partition coefficient (Wildman–Crippen LogP) is 5.18. The van der Waals surface area contributed by atoms with Crippen LogP contribution in [-0.2, 0) is 9.53 Å². The van der Waals surface area contributed by atoms with Crippen LogP contribution in [0.15, 0.2) is 30.3 Å². The van der Waals surface area contributed by atoms with Crippen LogP contribution in [0.5, 0.6) is 0 Å². The van der Waals surface area contributed by atoms with Crippen LogP contribution < -0.4 is 0 Å². The average Bonchev–Trinajstić information content (AvgIpc) is 3.08. The maximum Gasteiger partial charge on any atom is 0.338 e. The minimum Gasteiger partial charge on any atom is -0.458 e. The van der Waals surface area contributed by atoms with Gasteiger partial charge in [0.25, 0.3) is 0 Å². The molecule has 0 heterocycles. The number of aliphatic hydroxyl groups excluding tert-OH is 1. The Morgan fingerprint density at radius 3 is 2.52 bits per heavy atom. The maximum atomic E-state index is 13.1. The molecule has 2 bridgehead atoms. The summed E-state index contributed by atoms with van der Waals surface area (Å²) in [6, 6.07) is 9.17. The molecule has 0 amide bonds. The van der Waals surface area contributed by atoms with E-state index in [2.05, 4.69) is 20.8 Å². The Morgan fingerprint density at radius 1 is 1.06 bits per heavy atom. The van der Waals surface area contributed by atoms with Gasteiger partial charge in [-0.3, -0.25) is 0 Å². The van der Waals surface area contributed by atoms with Gasteiger partial charge in [0.05, 0.1) is 11.7 Å². The van der Waals surface area contributed by atoms with Gasteiger partial charge >= 0.3 is 5.97 Å². The Balaban J connectivity index is 1.57. The van der Waals surface area contributed by atoms with Crippen molar-refractivity contribution in [3.05, 3.63) is 35.9 Å². The van der Waals surface area contributed by atoms with E-state index in [4.69, 9.17) is 4.74 Å². The monoisotopic (exact) mass is 424 g/mol. The fourth-order valence-electron chi connectivity index (χ4n) is 8.81. The van der Waals surface area contributed by atoms with Gasteiger partial charge in [0, 0.05) is 11.3 Å². The van der Waals surface area contributed by atoms with E-state index < -0.39 is 5.41 Å². The third kappa shape index (κ3) is 2.83. The van der Waals surface area contributed by atoms with E-state index in [9.17, 15) is 14.7 Å². The van der Waals surface area contributed by atoms with Crippen molar-refractivity contribution in [2.24, 2.45) is 33.5 Å². The number of aldehydes is 1. The number of esters is 1. The first-order chi connectivity index (χ1) is 14.7. The molecule has 8 atom stereocenters. The van der Waals surface area contributed by atoms with Gasteiger partial charge in [0.15, 0.2) is 0 Å². The zero-order chi connectivity index (χ0) is 22.1. The third-order valence-corrected chi connectivity index (χ3v) is 10.3. The first kappa shape index (κ1) is 21.2. The summed E-state index contributed by atoms with van der Waals surface area (Å²) < 4.78 is 6.24. The lowest BCUT2D eigenvalue weighted by Gasteiger charge is -2.67. The Hall–Kier alpha value is -1.68. The molecule has 31 heavy (non-hydrogen) atoms. The van der Waals surface area contributed by atoms with E-state index in [1.165, 1.54) is 0 Å². The van der Waals surface area contributed by atoms with Crippen molar-refractivity contribution >= 4 is 12.3 Å². The van der Waals surface area contributed by atoms with Gasteiger partial charge in [0.1, 0.15) is 12.4 Å². The molecule has 1 spiro atoms. The molecular formula is C27H36O4. The lowest BCUT2D eigenvalue weighted by atomic mass is 9.37. The second-order valence-electron chi connectivity index (χ2n) is 11.9. The van der Waals surface area contributed by atoms with Gasteiger partial charge in [-0.05, 0) is 79.2 Å². The Labute approximate surface area is 185 Å². The number of carbonyl (C=O) groups excluding carboxylic acids is 2. The zero-order valence-corrected chi connectivity index (χ0v) is 19.1. The van der Waals surface area contributed by atoms with Crippen molar-refractivity contribution in [1.29, 1.82) is 0 Å². The van der Waals surface area contributed by atoms with Crippen molar-refractivity contribution in [2.45, 2.75) is 84.3 Å². The molecule has 5 rings (SSSR count). The number of aliphatic hydroxyl groups is 1. The van der Waals surface area contributed by atoms with Gasteiger partial charge in [0.2, 0.25) is 0 Å². The van der Waals surface area contributed by atoms with Gasteiger partial charge < -0.3 is 14.6 Å². The Bertz CT molecular complexity index is 882. The summed E-state index contributed by atoms with van der Waals surface area (Å²) in [4.78, 5) is 25.5. The van der Waals surface area contributed by atoms with Crippen LogP contribution in [0.2, 0.25) is 0 Å². The van der Waals surface area contributed by atoms with Crippen LogP contribution >= 0.6 is 0 Å². The van der Waals surface area contributed by atoms with Crippen molar-refractivity contribution in [3.63, 3.8) is 0 Å². The summed E-state index contributed by atoms with van der Waals surface area (Å²) in [6.45, 7) is 6.73. The second kappa shape index (κ2) is 6.91. The summed E-state index contributed by atoms with van der Waals surface area (Å²) in [5, 5.41) is 11.0. The van der Waals surface area contributed by atoms with E-state index in [0.717, 1.165) is 57.7 Å². The molecule has 4 saturated carbocycles. The molecular weight excluding hydrogens is 388 g/mol. The highest BCUT2D eigenvalue weighted by Gasteiger charge is 2.72. The molecule has 4 aliphatic rings. The second-order valence-corrected chi connectivity index (χ2v) is 11.9. The topological polar surface area (TPSA) is 63.6 Å². The molecule has 1 N–H and O–H groups in total. The summed E-state index contributed by atoms with van der Waals surface area (Å²) in [5.41, 5.74) is 0.121. The largest absolute Gasteiger partial charge is 0.458 e. The molecule has 0 aromatic heterocycles. The van der Waals surface area contributed by atoms with Crippen LogP contribution in [0.4, 0.5) is 0 Å². The van der Waals surface area contributed by atoms with Gasteiger partial charge in [-0.15, -0.1) is 0 Å². The number of hydrogen-bond donors (Lipinski definition) is 1. The van der Waals surface area contributed by atoms with Crippen LogP contribution in [0.3, 0.4) is 0 Å². The zero-order valence-electron chi connectivity index (χ0n) is 19.1. The Morgan fingerprint density at radius 2 is 1.81 bits per heavy atom. The summed E-state index contributed by atoms with van der Waals surface area (Å²) >= 11 is 0. The quantitative estimate of drug-likeness (QED) is 0.536. The molecule has 4 fully saturated rings. The number of rotatable bonds is 3. The van der Waals surface area contributed by atoms with Gasteiger partial charge in [-0.25, -0.2) is 4.79 Å². The summed E-state index contributed by atoms with van der Waals surface area (Å²) in [5.74, 6) is 0.0602. The molecule has 0 saturated heterocycles. The van der Waals surface area contributed by atoms with E-state index in [0.29, 0.717) is 11.5 Å². The summed E-state index contributed by atoms with van der Waals surface area (Å²) in [6.07, 6.45) is 8.29. The van der Waals surface area contributed by atoms with Crippen molar-refractivity contribution in [2.75, 3.05) is 0 Å². The molecule has 168 valence electrons. The molecule has 4 aliphatic carbocycles. The number of fused-ring (bicyclic) bond motifs is 2. The lowest BCUT2D eigenvalue weighted by Crippen LogP contribution is -2.65. The number of benzene rings is 1. The third-order valence-electron chi connectivity index (χ3n) is 10.3. The highest BCUT2D eigenvalue weighted by Crippen LogP contribution is 2.76.